The van der Waals surface area contributed by atoms with E-state index in [1.165, 1.54) is 25.0 Å². The zero-order chi connectivity index (χ0) is 8.27. The predicted octanol–water partition coefficient (Wildman–Crippen LogP) is 4.30. The highest BCUT2D eigenvalue weighted by Crippen LogP contribution is 2.26. The number of hydrogen-bond donors (Lipinski definition) is 0. The van der Waals surface area contributed by atoms with Crippen LogP contribution in [0.1, 0.15) is 25.3 Å². The molecule has 0 aliphatic heterocycles. The van der Waals surface area contributed by atoms with Crippen molar-refractivity contribution in [2.75, 3.05) is 0 Å². The summed E-state index contributed by atoms with van der Waals surface area (Å²) in [7, 11) is 0. The van der Waals surface area contributed by atoms with Gasteiger partial charge < -0.3 is 0 Å². The number of unbranched alkanes of at least 4 members (excludes halogenated alkanes) is 1. The van der Waals surface area contributed by atoms with E-state index >= 15 is 0 Å². The summed E-state index contributed by atoms with van der Waals surface area (Å²) in [6, 6.07) is 2.31. The second-order valence-electron chi connectivity index (χ2n) is 2.45. The lowest BCUT2D eigenvalue weighted by Gasteiger charge is -1.94. The van der Waals surface area contributed by atoms with Crippen molar-refractivity contribution in [2.45, 2.75) is 26.2 Å². The number of halogens is 2. The molecule has 0 radical (unpaired) electrons. The van der Waals surface area contributed by atoms with E-state index in [4.69, 9.17) is 0 Å². The molecule has 11 heavy (non-hydrogen) atoms. The first-order valence-corrected chi connectivity index (χ1v) is 6.65. The van der Waals surface area contributed by atoms with Crippen LogP contribution in [0.15, 0.2) is 6.07 Å². The maximum absolute atomic E-state index is 2.43. The lowest BCUT2D eigenvalue weighted by molar-refractivity contribution is 0.795. The van der Waals surface area contributed by atoms with E-state index in [0.717, 1.165) is 0 Å². The molecule has 0 aliphatic rings. The molecule has 0 saturated heterocycles. The minimum Gasteiger partial charge on any atom is -0.123 e. The SMILES string of the molecule is CCCCc1cc(I)sc1I. The lowest BCUT2D eigenvalue weighted by Crippen LogP contribution is -1.82. The molecule has 0 unspecified atom stereocenters. The number of rotatable bonds is 3. The van der Waals surface area contributed by atoms with Gasteiger partial charge in [0, 0.05) is 0 Å². The first-order chi connectivity index (χ1) is 5.24. The van der Waals surface area contributed by atoms with Gasteiger partial charge in [-0.1, -0.05) is 13.3 Å². The van der Waals surface area contributed by atoms with Crippen LogP contribution in [0.4, 0.5) is 0 Å². The van der Waals surface area contributed by atoms with E-state index in [1.807, 2.05) is 11.3 Å². The Kier molecular flexibility index (Phi) is 4.67. The number of aryl methyl sites for hydroxylation is 1. The average molecular weight is 392 g/mol. The molecule has 3 heteroatoms. The van der Waals surface area contributed by atoms with Crippen LogP contribution in [0.2, 0.25) is 0 Å². The van der Waals surface area contributed by atoms with Gasteiger partial charge in [0.2, 0.25) is 0 Å². The van der Waals surface area contributed by atoms with Gasteiger partial charge in [-0.2, -0.15) is 0 Å². The van der Waals surface area contributed by atoms with Crippen molar-refractivity contribution < 1.29 is 0 Å². The van der Waals surface area contributed by atoms with E-state index in [9.17, 15) is 0 Å². The summed E-state index contributed by atoms with van der Waals surface area (Å²) in [4.78, 5) is 0. The van der Waals surface area contributed by atoms with Gasteiger partial charge in [0.1, 0.15) is 0 Å². The summed E-state index contributed by atoms with van der Waals surface area (Å²) in [5, 5.41) is 0. The van der Waals surface area contributed by atoms with Crippen molar-refractivity contribution in [3.05, 3.63) is 17.4 Å². The standard InChI is InChI=1S/C8H10I2S/c1-2-3-4-6-5-7(9)11-8(6)10/h5H,2-4H2,1H3. The van der Waals surface area contributed by atoms with Gasteiger partial charge in [0.05, 0.1) is 5.77 Å². The molecule has 1 aromatic heterocycles. The van der Waals surface area contributed by atoms with Crippen LogP contribution in [0.5, 0.6) is 0 Å². The Labute approximate surface area is 99.1 Å². The first kappa shape index (κ1) is 10.2. The quantitative estimate of drug-likeness (QED) is 0.674. The van der Waals surface area contributed by atoms with E-state index in [1.54, 1.807) is 5.56 Å². The minimum atomic E-state index is 1.26. The molecule has 0 saturated carbocycles. The highest BCUT2D eigenvalue weighted by Gasteiger charge is 2.03. The number of hydrogen-bond acceptors (Lipinski definition) is 1. The van der Waals surface area contributed by atoms with Crippen LogP contribution in [-0.4, -0.2) is 0 Å². The monoisotopic (exact) mass is 392 g/mol. The van der Waals surface area contributed by atoms with Gasteiger partial charge in [0.25, 0.3) is 0 Å². The summed E-state index contributed by atoms with van der Waals surface area (Å²) in [5.74, 6) is 0. The normalized spacial score (nSPS) is 10.5. The zero-order valence-corrected chi connectivity index (χ0v) is 11.5. The summed E-state index contributed by atoms with van der Waals surface area (Å²) in [5.41, 5.74) is 1.54. The van der Waals surface area contributed by atoms with Crippen molar-refractivity contribution in [3.63, 3.8) is 0 Å². The van der Waals surface area contributed by atoms with E-state index in [-0.39, 0.29) is 0 Å². The van der Waals surface area contributed by atoms with Crippen molar-refractivity contribution in [1.82, 2.24) is 0 Å². The maximum atomic E-state index is 2.43. The lowest BCUT2D eigenvalue weighted by atomic mass is 10.2. The molecule has 0 aromatic carbocycles. The Bertz CT molecular complexity index is 230. The first-order valence-electron chi connectivity index (χ1n) is 3.67. The van der Waals surface area contributed by atoms with Crippen LogP contribution < -0.4 is 0 Å². The van der Waals surface area contributed by atoms with Gasteiger partial charge in [-0.25, -0.2) is 0 Å². The Morgan fingerprint density at radius 1 is 1.45 bits per heavy atom. The average Bonchev–Trinajstić information content (AvgIpc) is 2.26. The van der Waals surface area contributed by atoms with E-state index in [0.29, 0.717) is 0 Å². The van der Waals surface area contributed by atoms with E-state index < -0.39 is 0 Å². The molecule has 1 rings (SSSR count). The van der Waals surface area contributed by atoms with Gasteiger partial charge in [0.15, 0.2) is 0 Å². The largest absolute Gasteiger partial charge is 0.123 e. The molecular formula is C8H10I2S. The molecule has 0 atom stereocenters. The molecule has 62 valence electrons. The second-order valence-corrected chi connectivity index (χ2v) is 7.21. The molecule has 0 bridgehead atoms. The third kappa shape index (κ3) is 3.18. The third-order valence-corrected chi connectivity index (χ3v) is 4.61. The molecule has 0 spiro atoms. The fourth-order valence-corrected chi connectivity index (χ4v) is 5.01. The van der Waals surface area contributed by atoms with Crippen LogP contribution >= 0.6 is 56.5 Å². The van der Waals surface area contributed by atoms with Crippen LogP contribution in [-0.2, 0) is 6.42 Å². The predicted molar refractivity (Wildman–Crippen MR) is 68.4 cm³/mol. The van der Waals surface area contributed by atoms with Crippen molar-refractivity contribution in [3.8, 4) is 0 Å². The Balaban J connectivity index is 2.62. The smallest absolute Gasteiger partial charge is 0.0696 e. The van der Waals surface area contributed by atoms with Gasteiger partial charge in [-0.15, -0.1) is 11.3 Å². The van der Waals surface area contributed by atoms with Crippen molar-refractivity contribution >= 4 is 56.5 Å². The van der Waals surface area contributed by atoms with Gasteiger partial charge in [-0.05, 0) is 69.7 Å². The molecule has 0 fully saturated rings. The van der Waals surface area contributed by atoms with Gasteiger partial charge >= 0.3 is 0 Å². The summed E-state index contributed by atoms with van der Waals surface area (Å²) in [6.45, 7) is 2.24. The molecular weight excluding hydrogens is 382 g/mol. The minimum absolute atomic E-state index is 1.26. The fourth-order valence-electron chi connectivity index (χ4n) is 0.912. The third-order valence-electron chi connectivity index (χ3n) is 1.53. The molecule has 0 nitrogen and oxygen atoms in total. The molecule has 0 amide bonds. The molecule has 0 N–H and O–H groups in total. The fraction of sp³-hybridized carbons (Fsp3) is 0.500. The Hall–Kier alpha value is 1.16. The van der Waals surface area contributed by atoms with Gasteiger partial charge in [-0.3, -0.25) is 0 Å². The van der Waals surface area contributed by atoms with E-state index in [2.05, 4.69) is 58.2 Å². The Morgan fingerprint density at radius 2 is 2.18 bits per heavy atom. The Morgan fingerprint density at radius 3 is 2.64 bits per heavy atom. The molecule has 1 aromatic rings. The summed E-state index contributed by atoms with van der Waals surface area (Å²) in [6.07, 6.45) is 3.87. The maximum Gasteiger partial charge on any atom is 0.0696 e. The van der Waals surface area contributed by atoms with Crippen molar-refractivity contribution in [1.29, 1.82) is 0 Å². The van der Waals surface area contributed by atoms with Crippen LogP contribution in [0.25, 0.3) is 0 Å². The highest BCUT2D eigenvalue weighted by atomic mass is 127. The van der Waals surface area contributed by atoms with Crippen LogP contribution in [0, 0.1) is 5.77 Å². The highest BCUT2D eigenvalue weighted by molar-refractivity contribution is 14.1. The summed E-state index contributed by atoms with van der Waals surface area (Å²) >= 11 is 6.72. The van der Waals surface area contributed by atoms with Crippen molar-refractivity contribution in [2.24, 2.45) is 0 Å². The summed E-state index contributed by atoms with van der Waals surface area (Å²) < 4.78 is 2.89. The zero-order valence-electron chi connectivity index (χ0n) is 6.36. The second kappa shape index (κ2) is 5.01. The topological polar surface area (TPSA) is 0 Å². The van der Waals surface area contributed by atoms with Crippen LogP contribution in [0.3, 0.4) is 0 Å². The number of thiophene rings is 1. The molecule has 0 aliphatic carbocycles. The molecule has 1 heterocycles.